The minimum absolute atomic E-state index is 0.109. The van der Waals surface area contributed by atoms with E-state index in [0.717, 1.165) is 49.0 Å². The second-order valence-corrected chi connectivity index (χ2v) is 10.4. The zero-order valence-corrected chi connectivity index (χ0v) is 22.7. The first kappa shape index (κ1) is 28.3. The summed E-state index contributed by atoms with van der Waals surface area (Å²) in [6.45, 7) is 10.9. The molecule has 4 aromatic rings. The average molecular weight is 538 g/mol. The van der Waals surface area contributed by atoms with Crippen LogP contribution in [0.3, 0.4) is 0 Å². The zero-order chi connectivity index (χ0) is 28.0. The third-order valence-corrected chi connectivity index (χ3v) is 6.32. The van der Waals surface area contributed by atoms with Gasteiger partial charge in [0.05, 0.1) is 16.8 Å². The molecule has 0 atom stereocenters. The highest BCUT2D eigenvalue weighted by Crippen LogP contribution is 2.38. The minimum Gasteiger partial charge on any atom is -0.492 e. The van der Waals surface area contributed by atoms with E-state index in [1.165, 1.54) is 18.6 Å². The summed E-state index contributed by atoms with van der Waals surface area (Å²) in [6.07, 6.45) is 0.505. The monoisotopic (exact) mass is 537 g/mol. The van der Waals surface area contributed by atoms with Crippen LogP contribution in [0.5, 0.6) is 5.75 Å². The van der Waals surface area contributed by atoms with Crippen molar-refractivity contribution in [2.75, 3.05) is 25.0 Å². The molecule has 6 nitrogen and oxygen atoms in total. The first-order chi connectivity index (χ1) is 18.6. The van der Waals surface area contributed by atoms with Crippen molar-refractivity contribution < 1.29 is 17.9 Å². The molecule has 206 valence electrons. The van der Waals surface area contributed by atoms with Crippen LogP contribution in [-0.4, -0.2) is 34.6 Å². The van der Waals surface area contributed by atoms with Crippen LogP contribution in [-0.2, 0) is 11.6 Å². The Kier molecular flexibility index (Phi) is 8.70. The Balaban J connectivity index is 1.61. The van der Waals surface area contributed by atoms with Gasteiger partial charge in [0, 0.05) is 35.4 Å². The average Bonchev–Trinajstić information content (AvgIpc) is 2.89. The molecule has 9 heteroatoms. The van der Waals surface area contributed by atoms with Crippen molar-refractivity contribution in [3.05, 3.63) is 72.2 Å². The highest BCUT2D eigenvalue weighted by Gasteiger charge is 2.34. The molecule has 0 bridgehead atoms. The molecule has 0 amide bonds. The molecule has 4 rings (SSSR count). The first-order valence-electron chi connectivity index (χ1n) is 13.1. The predicted octanol–water partition coefficient (Wildman–Crippen LogP) is 7.52. The molecule has 2 N–H and O–H groups in total. The van der Waals surface area contributed by atoms with E-state index in [1.54, 1.807) is 18.2 Å². The van der Waals surface area contributed by atoms with Gasteiger partial charge in [-0.05, 0) is 54.3 Å². The molecule has 0 spiro atoms. The molecule has 2 heterocycles. The number of benzene rings is 2. The van der Waals surface area contributed by atoms with Crippen LogP contribution in [0.25, 0.3) is 22.2 Å². The third-order valence-electron chi connectivity index (χ3n) is 6.32. The lowest BCUT2D eigenvalue weighted by Crippen LogP contribution is -2.23. The molecule has 0 saturated heterocycles. The number of nitrogens with zero attached hydrogens (tertiary/aromatic N) is 3. The Morgan fingerprint density at radius 2 is 1.72 bits per heavy atom. The summed E-state index contributed by atoms with van der Waals surface area (Å²) in [5.74, 6) is 1.33. The van der Waals surface area contributed by atoms with E-state index in [2.05, 4.69) is 53.3 Å². The van der Waals surface area contributed by atoms with Gasteiger partial charge in [0.2, 0.25) is 0 Å². The molecule has 0 fully saturated rings. The predicted molar refractivity (Wildman–Crippen MR) is 149 cm³/mol. The number of anilines is 2. The van der Waals surface area contributed by atoms with Crippen molar-refractivity contribution in [3.8, 4) is 17.0 Å². The summed E-state index contributed by atoms with van der Waals surface area (Å²) in [4.78, 5) is 12.7. The van der Waals surface area contributed by atoms with Crippen molar-refractivity contribution in [1.29, 1.82) is 0 Å². The number of nitrogens with one attached hydrogen (secondary N) is 2. The van der Waals surface area contributed by atoms with Gasteiger partial charge in [0.1, 0.15) is 24.5 Å². The maximum Gasteiger partial charge on any atom is 0.418 e. The largest absolute Gasteiger partial charge is 0.492 e. The Morgan fingerprint density at radius 1 is 0.897 bits per heavy atom. The van der Waals surface area contributed by atoms with E-state index >= 15 is 0 Å². The number of rotatable bonds is 10. The number of hydrogen-bond donors (Lipinski definition) is 2. The standard InChI is InChI=1S/C30H34F3N5O/c1-5-6-13-34-15-16-39-26-18-21(10-12-23(26)29(2,3)4)38-28-22-11-9-20(17-25(22)36-19-37-28)27-24(30(31,32)33)8-7-14-35-27/h7-12,14,17-19,34H,5-6,13,15-16H2,1-4H3,(H,36,37,38). The van der Waals surface area contributed by atoms with Crippen LogP contribution in [0.4, 0.5) is 24.7 Å². The Hall–Kier alpha value is -3.72. The maximum atomic E-state index is 13.5. The van der Waals surface area contributed by atoms with E-state index in [9.17, 15) is 13.2 Å². The fraction of sp³-hybridized carbons (Fsp3) is 0.367. The van der Waals surface area contributed by atoms with Gasteiger partial charge in [-0.2, -0.15) is 13.2 Å². The molecular formula is C30H34F3N5O. The van der Waals surface area contributed by atoms with Gasteiger partial charge in [-0.25, -0.2) is 9.97 Å². The van der Waals surface area contributed by atoms with Crippen LogP contribution in [0.1, 0.15) is 51.7 Å². The van der Waals surface area contributed by atoms with Crippen LogP contribution in [0, 0.1) is 0 Å². The Labute approximate surface area is 227 Å². The van der Waals surface area contributed by atoms with Crippen LogP contribution in [0.15, 0.2) is 61.1 Å². The summed E-state index contributed by atoms with van der Waals surface area (Å²) in [7, 11) is 0. The zero-order valence-electron chi connectivity index (χ0n) is 22.7. The highest BCUT2D eigenvalue weighted by atomic mass is 19.4. The SMILES string of the molecule is CCCCNCCOc1cc(Nc2ncnc3cc(-c4ncccc4C(F)(F)F)ccc23)ccc1C(C)(C)C. The molecule has 39 heavy (non-hydrogen) atoms. The number of halogens is 3. The molecule has 2 aromatic carbocycles. The summed E-state index contributed by atoms with van der Waals surface area (Å²) in [5.41, 5.74) is 1.68. The maximum absolute atomic E-state index is 13.5. The summed E-state index contributed by atoms with van der Waals surface area (Å²) >= 11 is 0. The number of alkyl halides is 3. The van der Waals surface area contributed by atoms with Gasteiger partial charge in [-0.3, -0.25) is 4.98 Å². The van der Waals surface area contributed by atoms with Gasteiger partial charge < -0.3 is 15.4 Å². The van der Waals surface area contributed by atoms with E-state index in [4.69, 9.17) is 4.74 Å². The van der Waals surface area contributed by atoms with Crippen molar-refractivity contribution in [3.63, 3.8) is 0 Å². The summed E-state index contributed by atoms with van der Waals surface area (Å²) in [6, 6.07) is 13.2. The molecule has 0 radical (unpaired) electrons. The summed E-state index contributed by atoms with van der Waals surface area (Å²) < 4.78 is 46.8. The van der Waals surface area contributed by atoms with Gasteiger partial charge >= 0.3 is 6.18 Å². The van der Waals surface area contributed by atoms with Crippen LogP contribution >= 0.6 is 0 Å². The smallest absolute Gasteiger partial charge is 0.418 e. The number of pyridine rings is 1. The van der Waals surface area contributed by atoms with Gasteiger partial charge in [0.25, 0.3) is 0 Å². The third kappa shape index (κ3) is 7.03. The molecule has 0 aliphatic heterocycles. The fourth-order valence-corrected chi connectivity index (χ4v) is 4.30. The van der Waals surface area contributed by atoms with Gasteiger partial charge in [0.15, 0.2) is 0 Å². The minimum atomic E-state index is -4.51. The molecule has 0 saturated carbocycles. The van der Waals surface area contributed by atoms with Crippen molar-refractivity contribution in [1.82, 2.24) is 20.3 Å². The molecular weight excluding hydrogens is 503 g/mol. The van der Waals surface area contributed by atoms with E-state index in [0.29, 0.717) is 28.9 Å². The van der Waals surface area contributed by atoms with Gasteiger partial charge in [-0.15, -0.1) is 0 Å². The fourth-order valence-electron chi connectivity index (χ4n) is 4.30. The number of fused-ring (bicyclic) bond motifs is 1. The lowest BCUT2D eigenvalue weighted by atomic mass is 9.86. The van der Waals surface area contributed by atoms with Crippen molar-refractivity contribution >= 4 is 22.4 Å². The second-order valence-electron chi connectivity index (χ2n) is 10.4. The van der Waals surface area contributed by atoms with E-state index < -0.39 is 11.7 Å². The quantitative estimate of drug-likeness (QED) is 0.204. The molecule has 0 unspecified atom stereocenters. The highest BCUT2D eigenvalue weighted by molar-refractivity contribution is 5.93. The summed E-state index contributed by atoms with van der Waals surface area (Å²) in [5, 5.41) is 7.40. The number of unbranched alkanes of at least 4 members (excludes halogenated alkanes) is 1. The lowest BCUT2D eigenvalue weighted by molar-refractivity contribution is -0.137. The van der Waals surface area contributed by atoms with E-state index in [-0.39, 0.29) is 11.1 Å². The van der Waals surface area contributed by atoms with Crippen LogP contribution < -0.4 is 15.4 Å². The topological polar surface area (TPSA) is 72.0 Å². The Bertz CT molecular complexity index is 1420. The first-order valence-corrected chi connectivity index (χ1v) is 13.1. The second kappa shape index (κ2) is 12.0. The Morgan fingerprint density at radius 3 is 2.46 bits per heavy atom. The number of aromatic nitrogens is 3. The number of ether oxygens (including phenoxy) is 1. The number of hydrogen-bond acceptors (Lipinski definition) is 6. The lowest BCUT2D eigenvalue weighted by Gasteiger charge is -2.24. The normalized spacial score (nSPS) is 12.1. The van der Waals surface area contributed by atoms with E-state index in [1.807, 2.05) is 18.2 Å². The molecule has 0 aliphatic rings. The molecule has 2 aromatic heterocycles. The van der Waals surface area contributed by atoms with Gasteiger partial charge in [-0.1, -0.05) is 46.2 Å². The van der Waals surface area contributed by atoms with Crippen molar-refractivity contribution in [2.45, 2.75) is 52.1 Å². The van der Waals surface area contributed by atoms with Crippen molar-refractivity contribution in [2.24, 2.45) is 0 Å². The molecule has 0 aliphatic carbocycles. The van der Waals surface area contributed by atoms with Crippen LogP contribution in [0.2, 0.25) is 0 Å².